The fraction of sp³-hybridized carbons (Fsp3) is 0.647. The number of rotatable bonds is 0. The third-order valence-corrected chi connectivity index (χ3v) is 5.25. The van der Waals surface area contributed by atoms with Crippen molar-refractivity contribution in [2.75, 3.05) is 64.4 Å². The first-order chi connectivity index (χ1) is 11.5. The van der Waals surface area contributed by atoms with Gasteiger partial charge in [0.1, 0.15) is 0 Å². The van der Waals surface area contributed by atoms with E-state index in [1.54, 1.807) is 0 Å². The molecule has 0 fully saturated rings. The van der Waals surface area contributed by atoms with Crippen molar-refractivity contribution in [2.24, 2.45) is 0 Å². The summed E-state index contributed by atoms with van der Waals surface area (Å²) in [5.41, 5.74) is 1.40. The maximum absolute atomic E-state index is 5.60. The van der Waals surface area contributed by atoms with E-state index in [-0.39, 0.29) is 0 Å². The molecule has 2 rings (SSSR count). The molecule has 130 valence electrons. The van der Waals surface area contributed by atoms with Crippen LogP contribution in [-0.2, 0) is 24.7 Å². The molecule has 1 aliphatic rings. The molecule has 0 saturated carbocycles. The van der Waals surface area contributed by atoms with E-state index in [4.69, 9.17) is 18.9 Å². The van der Waals surface area contributed by atoms with Crippen LogP contribution in [0.5, 0.6) is 0 Å². The van der Waals surface area contributed by atoms with Crippen LogP contribution in [0.15, 0.2) is 29.2 Å². The fourth-order valence-electron chi connectivity index (χ4n) is 2.04. The molecule has 4 nitrogen and oxygen atoms in total. The maximum Gasteiger partial charge on any atom is 0.0701 e. The third-order valence-electron chi connectivity index (χ3n) is 3.20. The lowest BCUT2D eigenvalue weighted by Gasteiger charge is -2.09. The van der Waals surface area contributed by atoms with Crippen molar-refractivity contribution in [3.05, 3.63) is 29.8 Å². The SMILES string of the molecule is c1ccc2c(c1)CSCCOCCOCCOCCOCCS2. The highest BCUT2D eigenvalue weighted by molar-refractivity contribution is 7.99. The molecule has 0 saturated heterocycles. The van der Waals surface area contributed by atoms with E-state index in [1.807, 2.05) is 23.5 Å². The molecular formula is C17H26O4S2. The summed E-state index contributed by atoms with van der Waals surface area (Å²) in [6.45, 7) is 5.29. The van der Waals surface area contributed by atoms with Crippen molar-refractivity contribution < 1.29 is 18.9 Å². The smallest absolute Gasteiger partial charge is 0.0701 e. The predicted molar refractivity (Wildman–Crippen MR) is 96.6 cm³/mol. The molecule has 0 atom stereocenters. The molecule has 0 bridgehead atoms. The normalized spacial score (nSPS) is 20.7. The Morgan fingerprint density at radius 3 is 1.91 bits per heavy atom. The Morgan fingerprint density at radius 2 is 1.22 bits per heavy atom. The molecule has 0 spiro atoms. The number of benzene rings is 1. The van der Waals surface area contributed by atoms with E-state index < -0.39 is 0 Å². The first-order valence-electron chi connectivity index (χ1n) is 8.06. The number of thioether (sulfide) groups is 2. The van der Waals surface area contributed by atoms with E-state index in [0.29, 0.717) is 39.6 Å². The maximum atomic E-state index is 5.60. The topological polar surface area (TPSA) is 36.9 Å². The second-order valence-electron chi connectivity index (χ2n) is 4.96. The predicted octanol–water partition coefficient (Wildman–Crippen LogP) is 3.09. The Morgan fingerprint density at radius 1 is 0.652 bits per heavy atom. The van der Waals surface area contributed by atoms with Gasteiger partial charge in [-0.3, -0.25) is 0 Å². The van der Waals surface area contributed by atoms with Gasteiger partial charge in [0, 0.05) is 22.2 Å². The van der Waals surface area contributed by atoms with E-state index in [0.717, 1.165) is 30.5 Å². The van der Waals surface area contributed by atoms with Gasteiger partial charge in [0.15, 0.2) is 0 Å². The van der Waals surface area contributed by atoms with Crippen LogP contribution in [0.3, 0.4) is 0 Å². The van der Waals surface area contributed by atoms with Crippen LogP contribution >= 0.6 is 23.5 Å². The first-order valence-corrected chi connectivity index (χ1v) is 10.2. The average Bonchev–Trinajstić information content (AvgIpc) is 2.58. The molecule has 0 radical (unpaired) electrons. The quantitative estimate of drug-likeness (QED) is 0.709. The molecule has 1 heterocycles. The van der Waals surface area contributed by atoms with E-state index in [1.165, 1.54) is 10.5 Å². The number of ether oxygens (including phenoxy) is 4. The van der Waals surface area contributed by atoms with Crippen molar-refractivity contribution in [1.82, 2.24) is 0 Å². The zero-order chi connectivity index (χ0) is 16.0. The highest BCUT2D eigenvalue weighted by atomic mass is 32.2. The van der Waals surface area contributed by atoms with Crippen LogP contribution < -0.4 is 0 Å². The summed E-state index contributed by atoms with van der Waals surface area (Å²) in [5.74, 6) is 3.00. The Kier molecular flexibility index (Phi) is 10.9. The summed E-state index contributed by atoms with van der Waals surface area (Å²) in [7, 11) is 0. The molecule has 1 aromatic rings. The molecular weight excluding hydrogens is 332 g/mol. The van der Waals surface area contributed by atoms with E-state index >= 15 is 0 Å². The van der Waals surface area contributed by atoms with Crippen LogP contribution in [0.25, 0.3) is 0 Å². The average molecular weight is 359 g/mol. The van der Waals surface area contributed by atoms with Crippen molar-refractivity contribution in [3.8, 4) is 0 Å². The molecule has 23 heavy (non-hydrogen) atoms. The Labute approximate surface area is 147 Å². The highest BCUT2D eigenvalue weighted by Gasteiger charge is 2.03. The second-order valence-corrected chi connectivity index (χ2v) is 7.20. The van der Waals surface area contributed by atoms with Crippen LogP contribution in [0.2, 0.25) is 0 Å². The van der Waals surface area contributed by atoms with Gasteiger partial charge in [0.2, 0.25) is 0 Å². The van der Waals surface area contributed by atoms with Crippen LogP contribution in [0.4, 0.5) is 0 Å². The van der Waals surface area contributed by atoms with Gasteiger partial charge < -0.3 is 18.9 Å². The lowest BCUT2D eigenvalue weighted by atomic mass is 10.2. The van der Waals surface area contributed by atoms with Gasteiger partial charge in [-0.05, 0) is 11.6 Å². The Hall–Kier alpha value is -0.240. The monoisotopic (exact) mass is 358 g/mol. The van der Waals surface area contributed by atoms with Crippen LogP contribution in [0, 0.1) is 0 Å². The Balaban J connectivity index is 1.77. The van der Waals surface area contributed by atoms with Crippen molar-refractivity contribution in [1.29, 1.82) is 0 Å². The number of fused-ring (bicyclic) bond motifs is 1. The van der Waals surface area contributed by atoms with Crippen molar-refractivity contribution in [2.45, 2.75) is 10.6 Å². The molecule has 0 amide bonds. The highest BCUT2D eigenvalue weighted by Crippen LogP contribution is 2.25. The van der Waals surface area contributed by atoms with Crippen molar-refractivity contribution in [3.63, 3.8) is 0 Å². The molecule has 0 unspecified atom stereocenters. The fourth-order valence-corrected chi connectivity index (χ4v) is 3.90. The van der Waals surface area contributed by atoms with Gasteiger partial charge in [-0.25, -0.2) is 0 Å². The summed E-state index contributed by atoms with van der Waals surface area (Å²) < 4.78 is 22.1. The number of hydrogen-bond acceptors (Lipinski definition) is 6. The van der Waals surface area contributed by atoms with Gasteiger partial charge in [-0.1, -0.05) is 18.2 Å². The molecule has 0 N–H and O–H groups in total. The van der Waals surface area contributed by atoms with Crippen LogP contribution in [0.1, 0.15) is 5.56 Å². The largest absolute Gasteiger partial charge is 0.378 e. The Bertz CT molecular complexity index is 380. The number of hydrogen-bond donors (Lipinski definition) is 0. The minimum Gasteiger partial charge on any atom is -0.378 e. The minimum atomic E-state index is 0.612. The summed E-state index contributed by atoms with van der Waals surface area (Å²) in [4.78, 5) is 1.35. The van der Waals surface area contributed by atoms with E-state index in [9.17, 15) is 0 Å². The zero-order valence-electron chi connectivity index (χ0n) is 13.5. The van der Waals surface area contributed by atoms with Gasteiger partial charge in [0.05, 0.1) is 52.9 Å². The summed E-state index contributed by atoms with van der Waals surface area (Å²) in [6.07, 6.45) is 0. The van der Waals surface area contributed by atoms with Crippen LogP contribution in [-0.4, -0.2) is 64.4 Å². The third kappa shape index (κ3) is 8.98. The molecule has 1 aromatic carbocycles. The minimum absolute atomic E-state index is 0.612. The van der Waals surface area contributed by atoms with E-state index in [2.05, 4.69) is 24.3 Å². The van der Waals surface area contributed by atoms with Gasteiger partial charge >= 0.3 is 0 Å². The van der Waals surface area contributed by atoms with Gasteiger partial charge in [0.25, 0.3) is 0 Å². The standard InChI is InChI=1S/C17H26O4S2/c1-2-4-17-16(3-1)15-22-13-11-20-9-7-18-5-6-19-8-10-21-12-14-23-17/h1-4H,5-15H2. The zero-order valence-corrected chi connectivity index (χ0v) is 15.2. The summed E-state index contributed by atoms with van der Waals surface area (Å²) in [5, 5.41) is 0. The van der Waals surface area contributed by atoms with Gasteiger partial charge in [-0.15, -0.1) is 11.8 Å². The lowest BCUT2D eigenvalue weighted by Crippen LogP contribution is -2.12. The first kappa shape index (κ1) is 19.1. The molecule has 0 aliphatic carbocycles. The summed E-state index contributed by atoms with van der Waals surface area (Å²) >= 11 is 3.78. The molecule has 1 aliphatic heterocycles. The molecule has 6 heteroatoms. The second kappa shape index (κ2) is 13.1. The van der Waals surface area contributed by atoms with Crippen molar-refractivity contribution >= 4 is 23.5 Å². The lowest BCUT2D eigenvalue weighted by molar-refractivity contribution is 0.00146. The van der Waals surface area contributed by atoms with Gasteiger partial charge in [-0.2, -0.15) is 11.8 Å². The molecule has 0 aromatic heterocycles. The summed E-state index contributed by atoms with van der Waals surface area (Å²) in [6, 6.07) is 8.61.